The van der Waals surface area contributed by atoms with Gasteiger partial charge >= 0.3 is 12.0 Å². The van der Waals surface area contributed by atoms with Gasteiger partial charge in [-0.3, -0.25) is 0 Å². The molecule has 1 N–H and O–H groups in total. The van der Waals surface area contributed by atoms with Crippen molar-refractivity contribution >= 4 is 30.1 Å². The summed E-state index contributed by atoms with van der Waals surface area (Å²) in [4.78, 5) is 10.9. The third-order valence-electron chi connectivity index (χ3n) is 2.45. The Labute approximate surface area is 116 Å². The number of hydrogen-bond donors (Lipinski definition) is 1. The van der Waals surface area contributed by atoms with Crippen molar-refractivity contribution in [3.63, 3.8) is 0 Å². The van der Waals surface area contributed by atoms with Crippen molar-refractivity contribution in [2.45, 2.75) is 12.0 Å². The molecule has 1 fully saturated rings. The lowest BCUT2D eigenvalue weighted by Gasteiger charge is -2.32. The van der Waals surface area contributed by atoms with E-state index in [-0.39, 0.29) is 12.4 Å². The number of alkyl halides is 2. The average molecular weight is 320 g/mol. The van der Waals surface area contributed by atoms with Gasteiger partial charge in [0.05, 0.1) is 10.6 Å². The van der Waals surface area contributed by atoms with Crippen LogP contribution in [0.2, 0.25) is 5.02 Å². The predicted octanol–water partition coefficient (Wildman–Crippen LogP) is 3.46. The number of halogens is 6. The summed E-state index contributed by atoms with van der Waals surface area (Å²) in [6.07, 6.45) is -1.18. The fourth-order valence-corrected chi connectivity index (χ4v) is 1.77. The van der Waals surface area contributed by atoms with Gasteiger partial charge in [0.15, 0.2) is 6.61 Å². The van der Waals surface area contributed by atoms with E-state index in [0.29, 0.717) is 0 Å². The summed E-state index contributed by atoms with van der Waals surface area (Å²) in [7, 11) is 0. The summed E-state index contributed by atoms with van der Waals surface area (Å²) in [6.45, 7) is -1.26. The molecular weight excluding hydrogens is 313 g/mol. The molecule has 0 saturated carbocycles. The number of carbonyl (C=O) groups is 1. The van der Waals surface area contributed by atoms with Crippen LogP contribution in [0.1, 0.15) is 11.6 Å². The zero-order valence-corrected chi connectivity index (χ0v) is 10.6. The minimum absolute atomic E-state index is 0. The lowest BCUT2D eigenvalue weighted by molar-refractivity contribution is -0.105. The smallest absolute Gasteiger partial charge is 0.408 e. The molecule has 1 amide bonds. The molecule has 2 rings (SSSR count). The minimum Gasteiger partial charge on any atom is -0.443 e. The van der Waals surface area contributed by atoms with Gasteiger partial charge in [-0.2, -0.15) is 0 Å². The number of nitrogens with one attached hydrogen (secondary N) is 1. The van der Waals surface area contributed by atoms with Crippen molar-refractivity contribution in [1.82, 2.24) is 5.32 Å². The number of hydrogen-bond acceptors (Lipinski definition) is 2. The highest BCUT2D eigenvalue weighted by atomic mass is 35.5. The SMILES string of the molecule is Cl.O=C1N[C@@H](c2c(F)ccc(Cl)c2F)C(F)(F)CO1. The van der Waals surface area contributed by atoms with Gasteiger partial charge in [0, 0.05) is 0 Å². The summed E-state index contributed by atoms with van der Waals surface area (Å²) < 4.78 is 58.2. The second-order valence-corrected chi connectivity index (χ2v) is 4.08. The number of cyclic esters (lactones) is 1. The Hall–Kier alpha value is -1.21. The summed E-state index contributed by atoms with van der Waals surface area (Å²) in [5, 5.41) is 1.17. The molecule has 1 heterocycles. The maximum atomic E-state index is 13.6. The number of rotatable bonds is 1. The van der Waals surface area contributed by atoms with Crippen molar-refractivity contribution in [3.05, 3.63) is 34.4 Å². The van der Waals surface area contributed by atoms with Crippen molar-refractivity contribution in [2.75, 3.05) is 6.61 Å². The van der Waals surface area contributed by atoms with Gasteiger partial charge in [-0.1, -0.05) is 11.6 Å². The Morgan fingerprint density at radius 3 is 2.63 bits per heavy atom. The average Bonchev–Trinajstić information content (AvgIpc) is 2.29. The van der Waals surface area contributed by atoms with Crippen LogP contribution in [0, 0.1) is 11.6 Å². The predicted molar refractivity (Wildman–Crippen MR) is 60.8 cm³/mol. The van der Waals surface area contributed by atoms with Gasteiger partial charge in [-0.05, 0) is 12.1 Å². The monoisotopic (exact) mass is 319 g/mol. The maximum Gasteiger partial charge on any atom is 0.408 e. The highest BCUT2D eigenvalue weighted by Crippen LogP contribution is 2.38. The zero-order valence-electron chi connectivity index (χ0n) is 9.05. The van der Waals surface area contributed by atoms with E-state index in [1.165, 1.54) is 0 Å². The van der Waals surface area contributed by atoms with E-state index in [0.717, 1.165) is 12.1 Å². The summed E-state index contributed by atoms with van der Waals surface area (Å²) in [5.74, 6) is -6.19. The van der Waals surface area contributed by atoms with E-state index in [1.54, 1.807) is 5.32 Å². The van der Waals surface area contributed by atoms with E-state index < -0.39 is 46.9 Å². The molecule has 1 aromatic carbocycles. The first-order chi connectivity index (χ1) is 8.33. The van der Waals surface area contributed by atoms with Crippen molar-refractivity contribution < 1.29 is 27.1 Å². The third kappa shape index (κ3) is 2.87. The number of amides is 1. The lowest BCUT2D eigenvalue weighted by Crippen LogP contribution is -2.50. The van der Waals surface area contributed by atoms with E-state index in [1.807, 2.05) is 0 Å². The maximum absolute atomic E-state index is 13.6. The van der Waals surface area contributed by atoms with Crippen LogP contribution in [0.15, 0.2) is 12.1 Å². The summed E-state index contributed by atoms with van der Waals surface area (Å²) in [6, 6.07) is -0.509. The topological polar surface area (TPSA) is 38.3 Å². The molecule has 1 aliphatic rings. The number of benzene rings is 1. The molecule has 9 heteroatoms. The van der Waals surface area contributed by atoms with Crippen LogP contribution >= 0.6 is 24.0 Å². The third-order valence-corrected chi connectivity index (χ3v) is 2.74. The van der Waals surface area contributed by atoms with Crippen LogP contribution < -0.4 is 5.32 Å². The molecule has 0 aromatic heterocycles. The number of carbonyl (C=O) groups excluding carboxylic acids is 1. The second kappa shape index (κ2) is 5.42. The van der Waals surface area contributed by atoms with Gasteiger partial charge in [0.2, 0.25) is 0 Å². The number of ether oxygens (including phenoxy) is 1. The Bertz CT molecular complexity index is 513. The van der Waals surface area contributed by atoms with Crippen LogP contribution in [-0.4, -0.2) is 18.6 Å². The molecule has 0 aliphatic carbocycles. The Kier molecular flexibility index (Phi) is 4.52. The van der Waals surface area contributed by atoms with Crippen molar-refractivity contribution in [1.29, 1.82) is 0 Å². The van der Waals surface area contributed by atoms with Gasteiger partial charge in [0.25, 0.3) is 0 Å². The molecule has 1 saturated heterocycles. The van der Waals surface area contributed by atoms with E-state index >= 15 is 0 Å². The minimum atomic E-state index is -3.64. The van der Waals surface area contributed by atoms with Crippen LogP contribution in [-0.2, 0) is 4.74 Å². The Morgan fingerprint density at radius 1 is 1.37 bits per heavy atom. The van der Waals surface area contributed by atoms with Crippen LogP contribution in [0.25, 0.3) is 0 Å². The van der Waals surface area contributed by atoms with Crippen LogP contribution in [0.3, 0.4) is 0 Å². The first-order valence-electron chi connectivity index (χ1n) is 4.77. The highest BCUT2D eigenvalue weighted by Gasteiger charge is 2.49. The van der Waals surface area contributed by atoms with Crippen LogP contribution in [0.5, 0.6) is 0 Å². The number of alkyl carbamates (subject to hydrolysis) is 1. The molecule has 0 unspecified atom stereocenters. The first-order valence-corrected chi connectivity index (χ1v) is 5.15. The molecule has 19 heavy (non-hydrogen) atoms. The standard InChI is InChI=1S/C10H6ClF4NO2.ClH/c11-4-1-2-5(12)6(7(4)13)8-10(14,15)3-18-9(17)16-8;/h1-2,8H,3H2,(H,16,17);1H/t8-;/m0./s1. The second-order valence-electron chi connectivity index (χ2n) is 3.67. The molecule has 3 nitrogen and oxygen atoms in total. The molecule has 1 atom stereocenters. The van der Waals surface area contributed by atoms with Gasteiger partial charge in [-0.15, -0.1) is 12.4 Å². The van der Waals surface area contributed by atoms with E-state index in [4.69, 9.17) is 11.6 Å². The fourth-order valence-electron chi connectivity index (χ4n) is 1.60. The normalized spacial score (nSPS) is 21.1. The van der Waals surface area contributed by atoms with E-state index in [2.05, 4.69) is 4.74 Å². The molecule has 0 bridgehead atoms. The summed E-state index contributed by atoms with van der Waals surface area (Å²) in [5.41, 5.74) is -0.982. The fraction of sp³-hybridized carbons (Fsp3) is 0.300. The lowest BCUT2D eigenvalue weighted by atomic mass is 9.99. The summed E-state index contributed by atoms with van der Waals surface area (Å²) >= 11 is 5.40. The van der Waals surface area contributed by atoms with Crippen molar-refractivity contribution in [3.8, 4) is 0 Å². The highest BCUT2D eigenvalue weighted by molar-refractivity contribution is 6.30. The van der Waals surface area contributed by atoms with Gasteiger partial charge in [0.1, 0.15) is 17.7 Å². The molecule has 0 spiro atoms. The Morgan fingerprint density at radius 2 is 2.00 bits per heavy atom. The largest absolute Gasteiger partial charge is 0.443 e. The van der Waals surface area contributed by atoms with Gasteiger partial charge in [-0.25, -0.2) is 22.4 Å². The molecular formula is C10H7Cl2F4NO2. The molecule has 106 valence electrons. The quantitative estimate of drug-likeness (QED) is 0.636. The van der Waals surface area contributed by atoms with Crippen molar-refractivity contribution in [2.24, 2.45) is 0 Å². The molecule has 1 aliphatic heterocycles. The Balaban J connectivity index is 0.00000180. The first kappa shape index (κ1) is 15.8. The zero-order chi connectivity index (χ0) is 13.5. The molecule has 0 radical (unpaired) electrons. The van der Waals surface area contributed by atoms with Gasteiger partial charge < -0.3 is 10.1 Å². The molecule has 1 aromatic rings. The van der Waals surface area contributed by atoms with E-state index in [9.17, 15) is 22.4 Å². The van der Waals surface area contributed by atoms with Crippen LogP contribution in [0.4, 0.5) is 22.4 Å².